The fraction of sp³-hybridized carbons (Fsp3) is 0.103. The number of ether oxygens (including phenoxy) is 2. The molecule has 1 fully saturated rings. The van der Waals surface area contributed by atoms with E-state index >= 15 is 0 Å². The van der Waals surface area contributed by atoms with Crippen molar-refractivity contribution < 1.29 is 44.6 Å². The number of aliphatic imine (C=N–C) groups is 3. The Hall–Kier alpha value is -5.37. The molecule has 1 aromatic heterocycles. The predicted octanol–water partition coefficient (Wildman–Crippen LogP) is 8.64. The number of para-hydroxylation sites is 3. The van der Waals surface area contributed by atoms with Crippen molar-refractivity contribution >= 4 is 39.2 Å². The van der Waals surface area contributed by atoms with Gasteiger partial charge in [-0.2, -0.15) is 15.2 Å². The topological polar surface area (TPSA) is 98.4 Å². The Labute approximate surface area is 258 Å². The van der Waals surface area contributed by atoms with Crippen molar-refractivity contribution in [3.05, 3.63) is 96.8 Å². The maximum atomic E-state index is 13.0. The maximum Gasteiger partial charge on any atom is 0.586 e. The Kier molecular flexibility index (Phi) is 8.74. The summed E-state index contributed by atoms with van der Waals surface area (Å²) < 4.78 is 112. The van der Waals surface area contributed by atoms with Crippen LogP contribution in [0, 0.1) is 11.3 Å². The van der Waals surface area contributed by atoms with E-state index in [0.717, 1.165) is 4.90 Å². The third-order valence-corrected chi connectivity index (χ3v) is 6.75. The van der Waals surface area contributed by atoms with E-state index in [1.54, 1.807) is 54.7 Å². The van der Waals surface area contributed by atoms with Crippen LogP contribution in [0.4, 0.5) is 46.5 Å². The maximum absolute atomic E-state index is 13.0. The van der Waals surface area contributed by atoms with E-state index in [4.69, 9.17) is 5.26 Å². The number of anilines is 1. The number of benzene rings is 3. The number of H-pyrrole nitrogens is 1. The van der Waals surface area contributed by atoms with Crippen LogP contribution in [0.25, 0.3) is 11.1 Å². The molecule has 6 rings (SSSR count). The van der Waals surface area contributed by atoms with Gasteiger partial charge in [0.2, 0.25) is 0 Å². The summed E-state index contributed by atoms with van der Waals surface area (Å²) in [5.41, 5.74) is 1.76. The third-order valence-electron chi connectivity index (χ3n) is 5.82. The van der Waals surface area contributed by atoms with Crippen molar-refractivity contribution in [1.82, 2.24) is 4.98 Å². The number of aromatic amines is 1. The predicted molar refractivity (Wildman–Crippen MR) is 154 cm³/mol. The molecule has 3 aromatic carbocycles. The summed E-state index contributed by atoms with van der Waals surface area (Å²) in [5, 5.41) is 7.85. The highest BCUT2D eigenvalue weighted by atomic mass is 32.2. The first kappa shape index (κ1) is 32.0. The number of nitriles is 1. The number of hydrogen-bond donors (Lipinski definition) is 1. The molecule has 0 bridgehead atoms. The standard InChI is InChI=1S/C17H10F6N4S.C12H6F2N2O2/c18-16(19,20)25-13-14(26-17(21,22)23)28-15(24-11-7-3-1-4-8-11)27(13)12-9-5-2-6-10-12;13-12(14)17-10-3-1-2-8(11(10)18-12)9-6-16-5-7(9)4-15/h1-10H;1-3,5-6,16H/b24-15+,25-13+,26-14-;. The van der Waals surface area contributed by atoms with Crippen molar-refractivity contribution in [2.75, 3.05) is 4.90 Å². The molecule has 1 saturated heterocycles. The van der Waals surface area contributed by atoms with Crippen LogP contribution < -0.4 is 14.4 Å². The normalized spacial score (nSPS) is 18.1. The van der Waals surface area contributed by atoms with Gasteiger partial charge in [-0.1, -0.05) is 48.5 Å². The van der Waals surface area contributed by atoms with Gasteiger partial charge >= 0.3 is 18.9 Å². The summed E-state index contributed by atoms with van der Waals surface area (Å²) in [6.45, 7) is 0. The van der Waals surface area contributed by atoms with Crippen molar-refractivity contribution in [2.45, 2.75) is 18.9 Å². The zero-order valence-electron chi connectivity index (χ0n) is 22.6. The Morgan fingerprint density at radius 1 is 0.783 bits per heavy atom. The molecule has 2 aliphatic heterocycles. The SMILES string of the molecule is FC(F)(F)/N=C1\S/C(=N/c2ccccc2)N(c2ccccc2)\C1=N\C(F)(F)F.N#Cc1c[nH]cc1-c1cccc2c1OC(F)(F)O2. The minimum Gasteiger partial charge on any atom is -0.395 e. The molecule has 0 atom stereocenters. The largest absolute Gasteiger partial charge is 0.586 e. The molecule has 4 aromatic rings. The molecule has 0 radical (unpaired) electrons. The molecule has 0 spiro atoms. The first-order valence-corrected chi connectivity index (χ1v) is 13.5. The van der Waals surface area contributed by atoms with Gasteiger partial charge < -0.3 is 14.5 Å². The van der Waals surface area contributed by atoms with Crippen molar-refractivity contribution in [3.8, 4) is 28.7 Å². The fourth-order valence-corrected chi connectivity index (χ4v) is 5.11. The molecule has 1 N–H and O–H groups in total. The molecular weight excluding hydrogens is 648 g/mol. The van der Waals surface area contributed by atoms with Gasteiger partial charge in [-0.25, -0.2) is 4.99 Å². The average Bonchev–Trinajstić information content (AvgIpc) is 3.67. The average molecular weight is 665 g/mol. The number of alkyl halides is 8. The van der Waals surface area contributed by atoms with E-state index in [2.05, 4.69) is 29.4 Å². The molecular formula is C29H16F8N6O2S. The van der Waals surface area contributed by atoms with Crippen LogP contribution in [0.1, 0.15) is 5.56 Å². The molecule has 17 heteroatoms. The van der Waals surface area contributed by atoms with Crippen molar-refractivity contribution in [2.24, 2.45) is 15.0 Å². The number of amidine groups is 2. The number of halogens is 8. The zero-order chi connectivity index (χ0) is 33.1. The minimum absolute atomic E-state index is 0.0393. The van der Waals surface area contributed by atoms with Gasteiger partial charge in [-0.3, -0.25) is 4.90 Å². The molecule has 8 nitrogen and oxygen atoms in total. The van der Waals surface area contributed by atoms with Crippen molar-refractivity contribution in [1.29, 1.82) is 5.26 Å². The number of nitrogens with one attached hydrogen (secondary N) is 1. The lowest BCUT2D eigenvalue weighted by Gasteiger charge is -2.19. The summed E-state index contributed by atoms with van der Waals surface area (Å²) in [6, 6.07) is 22.2. The van der Waals surface area contributed by atoms with E-state index in [0.29, 0.717) is 34.1 Å². The first-order valence-electron chi connectivity index (χ1n) is 12.7. The van der Waals surface area contributed by atoms with Gasteiger partial charge in [0.05, 0.1) is 11.3 Å². The highest BCUT2D eigenvalue weighted by Crippen LogP contribution is 2.47. The molecule has 0 saturated carbocycles. The molecule has 0 amide bonds. The monoisotopic (exact) mass is 664 g/mol. The van der Waals surface area contributed by atoms with Crippen LogP contribution in [0.2, 0.25) is 0 Å². The number of fused-ring (bicyclic) bond motifs is 1. The van der Waals surface area contributed by atoms with Gasteiger partial charge in [0.25, 0.3) is 0 Å². The number of thioether (sulfide) groups is 1. The van der Waals surface area contributed by atoms with E-state index in [1.807, 2.05) is 6.07 Å². The van der Waals surface area contributed by atoms with Gasteiger partial charge in [0.1, 0.15) is 6.07 Å². The lowest BCUT2D eigenvalue weighted by atomic mass is 10.0. The van der Waals surface area contributed by atoms with Crippen LogP contribution in [0.5, 0.6) is 11.5 Å². The summed E-state index contributed by atoms with van der Waals surface area (Å²) in [6.07, 6.45) is -10.8. The summed E-state index contributed by atoms with van der Waals surface area (Å²) in [7, 11) is 0. The smallest absolute Gasteiger partial charge is 0.395 e. The van der Waals surface area contributed by atoms with Gasteiger partial charge in [-0.15, -0.1) is 35.1 Å². The Morgan fingerprint density at radius 3 is 2.07 bits per heavy atom. The summed E-state index contributed by atoms with van der Waals surface area (Å²) in [5.74, 6) is -1.09. The number of hydrogen-bond acceptors (Lipinski definition) is 7. The fourth-order valence-electron chi connectivity index (χ4n) is 4.13. The number of aromatic nitrogens is 1. The Morgan fingerprint density at radius 2 is 1.43 bits per heavy atom. The van der Waals surface area contributed by atoms with Crippen LogP contribution in [-0.2, 0) is 0 Å². The third kappa shape index (κ3) is 7.64. The van der Waals surface area contributed by atoms with E-state index in [1.165, 1.54) is 36.5 Å². The molecule has 236 valence electrons. The Balaban J connectivity index is 0.000000198. The molecule has 2 aliphatic rings. The van der Waals surface area contributed by atoms with Crippen LogP contribution in [0.15, 0.2) is 106 Å². The first-order chi connectivity index (χ1) is 21.7. The molecule has 3 heterocycles. The van der Waals surface area contributed by atoms with E-state index in [-0.39, 0.29) is 22.4 Å². The Bertz CT molecular complexity index is 1850. The van der Waals surface area contributed by atoms with Crippen LogP contribution >= 0.6 is 11.8 Å². The second-order valence-electron chi connectivity index (χ2n) is 8.99. The second kappa shape index (κ2) is 12.6. The van der Waals surface area contributed by atoms with Crippen molar-refractivity contribution in [3.63, 3.8) is 0 Å². The van der Waals surface area contributed by atoms with Crippen LogP contribution in [0.3, 0.4) is 0 Å². The molecule has 46 heavy (non-hydrogen) atoms. The highest BCUT2D eigenvalue weighted by molar-refractivity contribution is 8.29. The number of rotatable bonds is 3. The lowest BCUT2D eigenvalue weighted by Crippen LogP contribution is -2.33. The molecule has 0 aliphatic carbocycles. The lowest BCUT2D eigenvalue weighted by molar-refractivity contribution is -0.286. The summed E-state index contributed by atoms with van der Waals surface area (Å²) in [4.78, 5) is 12.8. The quantitative estimate of drug-likeness (QED) is 0.175. The van der Waals surface area contributed by atoms with Crippen LogP contribution in [-0.4, -0.2) is 39.9 Å². The van der Waals surface area contributed by atoms with E-state index < -0.39 is 29.8 Å². The summed E-state index contributed by atoms with van der Waals surface area (Å²) >= 11 is 0.359. The highest BCUT2D eigenvalue weighted by Gasteiger charge is 2.45. The minimum atomic E-state index is -5.10. The second-order valence-corrected chi connectivity index (χ2v) is 9.94. The zero-order valence-corrected chi connectivity index (χ0v) is 23.5. The number of nitrogens with zero attached hydrogens (tertiary/aromatic N) is 5. The molecule has 0 unspecified atom stereocenters. The van der Waals surface area contributed by atoms with Gasteiger partial charge in [-0.05, 0) is 42.1 Å². The van der Waals surface area contributed by atoms with Gasteiger partial charge in [0.15, 0.2) is 27.5 Å². The van der Waals surface area contributed by atoms with E-state index in [9.17, 15) is 35.1 Å². The van der Waals surface area contributed by atoms with Gasteiger partial charge in [0, 0.05) is 29.2 Å².